The van der Waals surface area contributed by atoms with E-state index in [0.717, 1.165) is 38.8 Å². The Labute approximate surface area is 225 Å². The zero-order valence-corrected chi connectivity index (χ0v) is 22.1. The average Bonchev–Trinajstić information content (AvgIpc) is 2.84. The standard InChI is InChI=1S/C25H21F4N5O5S/c1-13-18(21(35)31-14-6-4-7-15(10-14)40(3,36)37)22(34-33-20(13)25(27,28)29)39-19-16(26)11-17(32-23(19)38-2)24(12-30)8-5-9-24/h4,6-7,10-11H,5,8-9H2,1-3H3,(H,31,35). The van der Waals surface area contributed by atoms with E-state index in [4.69, 9.17) is 9.47 Å². The highest BCUT2D eigenvalue weighted by molar-refractivity contribution is 7.90. The van der Waals surface area contributed by atoms with E-state index in [1.54, 1.807) is 0 Å². The Morgan fingerprint density at radius 1 is 1.18 bits per heavy atom. The van der Waals surface area contributed by atoms with Crippen LogP contribution >= 0.6 is 0 Å². The van der Waals surface area contributed by atoms with Gasteiger partial charge in [-0.2, -0.15) is 18.4 Å². The third-order valence-corrected chi connectivity index (χ3v) is 7.51. The van der Waals surface area contributed by atoms with Crippen molar-refractivity contribution in [2.75, 3.05) is 18.7 Å². The van der Waals surface area contributed by atoms with Crippen LogP contribution in [0.1, 0.15) is 46.6 Å². The molecule has 0 unspecified atom stereocenters. The molecule has 1 saturated carbocycles. The van der Waals surface area contributed by atoms with Crippen molar-refractivity contribution < 1.29 is 40.2 Å². The number of benzene rings is 1. The zero-order chi connectivity index (χ0) is 29.5. The van der Waals surface area contributed by atoms with Crippen molar-refractivity contribution in [2.24, 2.45) is 0 Å². The second kappa shape index (κ2) is 10.3. The Balaban J connectivity index is 1.80. The summed E-state index contributed by atoms with van der Waals surface area (Å²) in [4.78, 5) is 17.3. The lowest BCUT2D eigenvalue weighted by Gasteiger charge is -2.34. The Morgan fingerprint density at radius 3 is 2.42 bits per heavy atom. The molecular formula is C25H21F4N5O5S. The van der Waals surface area contributed by atoms with E-state index < -0.39 is 67.5 Å². The lowest BCUT2D eigenvalue weighted by molar-refractivity contribution is -0.142. The third kappa shape index (κ3) is 5.39. The number of carbonyl (C=O) groups excluding carboxylic acids is 1. The van der Waals surface area contributed by atoms with Gasteiger partial charge in [0.15, 0.2) is 21.3 Å². The Hall–Kier alpha value is -4.32. The van der Waals surface area contributed by atoms with Crippen molar-refractivity contribution in [2.45, 2.75) is 42.7 Å². The summed E-state index contributed by atoms with van der Waals surface area (Å²) in [7, 11) is -2.52. The molecule has 40 heavy (non-hydrogen) atoms. The number of carbonyl (C=O) groups is 1. The number of nitriles is 1. The lowest BCUT2D eigenvalue weighted by atomic mass is 9.67. The first-order chi connectivity index (χ1) is 18.7. The monoisotopic (exact) mass is 579 g/mol. The molecule has 2 aromatic heterocycles. The zero-order valence-electron chi connectivity index (χ0n) is 21.3. The molecule has 1 amide bonds. The minimum Gasteiger partial charge on any atom is -0.478 e. The number of rotatable bonds is 7. The van der Waals surface area contributed by atoms with Gasteiger partial charge in [-0.05, 0) is 49.9 Å². The van der Waals surface area contributed by atoms with Crippen molar-refractivity contribution in [3.63, 3.8) is 0 Å². The number of anilines is 1. The minimum atomic E-state index is -5.00. The topological polar surface area (TPSA) is 144 Å². The third-order valence-electron chi connectivity index (χ3n) is 6.40. The predicted octanol–water partition coefficient (Wildman–Crippen LogP) is 4.74. The van der Waals surface area contributed by atoms with Crippen molar-refractivity contribution in [3.8, 4) is 23.6 Å². The first kappa shape index (κ1) is 28.7. The normalized spacial score (nSPS) is 14.6. The van der Waals surface area contributed by atoms with E-state index in [0.29, 0.717) is 12.8 Å². The van der Waals surface area contributed by atoms with E-state index in [1.165, 1.54) is 18.2 Å². The molecule has 3 aromatic rings. The van der Waals surface area contributed by atoms with Crippen LogP contribution in [0.15, 0.2) is 35.2 Å². The predicted molar refractivity (Wildman–Crippen MR) is 131 cm³/mol. The number of amides is 1. The first-order valence-corrected chi connectivity index (χ1v) is 13.5. The van der Waals surface area contributed by atoms with Crippen molar-refractivity contribution >= 4 is 21.4 Å². The van der Waals surface area contributed by atoms with Gasteiger partial charge in [0.25, 0.3) is 17.7 Å². The van der Waals surface area contributed by atoms with E-state index in [2.05, 4.69) is 26.6 Å². The van der Waals surface area contributed by atoms with Crippen LogP contribution in [0.3, 0.4) is 0 Å². The lowest BCUT2D eigenvalue weighted by Crippen LogP contribution is -2.33. The molecule has 0 saturated heterocycles. The fourth-order valence-corrected chi connectivity index (χ4v) is 4.78. The van der Waals surface area contributed by atoms with Crippen LogP contribution in [0.5, 0.6) is 17.5 Å². The van der Waals surface area contributed by atoms with Crippen molar-refractivity contribution in [1.82, 2.24) is 15.2 Å². The smallest absolute Gasteiger partial charge is 0.435 e. The summed E-state index contributed by atoms with van der Waals surface area (Å²) in [6.45, 7) is 0.953. The summed E-state index contributed by atoms with van der Waals surface area (Å²) in [6.07, 6.45) is -2.41. The van der Waals surface area contributed by atoms with E-state index in [9.17, 15) is 31.6 Å². The number of hydrogen-bond donors (Lipinski definition) is 1. The molecular weight excluding hydrogens is 558 g/mol. The summed E-state index contributed by atoms with van der Waals surface area (Å²) < 4.78 is 90.5. The Morgan fingerprint density at radius 2 is 1.88 bits per heavy atom. The van der Waals surface area contributed by atoms with Crippen LogP contribution < -0.4 is 14.8 Å². The second-order valence-electron chi connectivity index (χ2n) is 9.08. The number of pyridine rings is 1. The van der Waals surface area contributed by atoms with Crippen LogP contribution in [0.2, 0.25) is 0 Å². The van der Waals surface area contributed by atoms with E-state index in [1.807, 2.05) is 0 Å². The second-order valence-corrected chi connectivity index (χ2v) is 11.1. The molecule has 10 nitrogen and oxygen atoms in total. The van der Waals surface area contributed by atoms with Gasteiger partial charge in [-0.15, -0.1) is 10.2 Å². The van der Waals surface area contributed by atoms with Gasteiger partial charge in [-0.1, -0.05) is 6.07 Å². The van der Waals surface area contributed by atoms with Crippen LogP contribution in [0, 0.1) is 24.1 Å². The molecule has 0 spiro atoms. The van der Waals surface area contributed by atoms with Gasteiger partial charge in [-0.25, -0.2) is 17.8 Å². The van der Waals surface area contributed by atoms with Crippen LogP contribution in [-0.2, 0) is 21.4 Å². The molecule has 1 N–H and O–H groups in total. The first-order valence-electron chi connectivity index (χ1n) is 11.6. The van der Waals surface area contributed by atoms with E-state index in [-0.39, 0.29) is 16.3 Å². The van der Waals surface area contributed by atoms with Crippen LogP contribution in [0.4, 0.5) is 23.2 Å². The van der Waals surface area contributed by atoms with Crippen molar-refractivity contribution in [1.29, 1.82) is 5.26 Å². The number of alkyl halides is 3. The van der Waals surface area contributed by atoms with E-state index >= 15 is 4.39 Å². The molecule has 210 valence electrons. The summed E-state index contributed by atoms with van der Waals surface area (Å²) in [5.74, 6) is -4.15. The summed E-state index contributed by atoms with van der Waals surface area (Å²) >= 11 is 0. The van der Waals surface area contributed by atoms with Gasteiger partial charge >= 0.3 is 6.18 Å². The largest absolute Gasteiger partial charge is 0.478 e. The molecule has 0 radical (unpaired) electrons. The van der Waals surface area contributed by atoms with Gasteiger partial charge in [0.1, 0.15) is 5.56 Å². The minimum absolute atomic E-state index is 0.0549. The van der Waals surface area contributed by atoms with Crippen molar-refractivity contribution in [3.05, 3.63) is 58.7 Å². The molecule has 4 rings (SSSR count). The fourth-order valence-electron chi connectivity index (χ4n) is 4.11. The molecule has 0 aliphatic heterocycles. The molecule has 0 atom stereocenters. The Bertz CT molecular complexity index is 1650. The van der Waals surface area contributed by atoms with Gasteiger partial charge in [-0.3, -0.25) is 4.79 Å². The van der Waals surface area contributed by atoms with Gasteiger partial charge in [0.05, 0.1) is 29.2 Å². The van der Waals surface area contributed by atoms with Crippen LogP contribution in [0.25, 0.3) is 0 Å². The number of ether oxygens (including phenoxy) is 2. The maximum Gasteiger partial charge on any atom is 0.435 e. The number of aromatic nitrogens is 3. The van der Waals surface area contributed by atoms with Gasteiger partial charge < -0.3 is 14.8 Å². The highest BCUT2D eigenvalue weighted by atomic mass is 32.2. The highest BCUT2D eigenvalue weighted by Crippen LogP contribution is 2.45. The average molecular weight is 580 g/mol. The summed E-state index contributed by atoms with van der Waals surface area (Å²) in [5, 5.41) is 18.4. The highest BCUT2D eigenvalue weighted by Gasteiger charge is 2.42. The quantitative estimate of drug-likeness (QED) is 0.393. The molecule has 1 aliphatic rings. The molecule has 15 heteroatoms. The maximum atomic E-state index is 15.3. The number of hydrogen-bond acceptors (Lipinski definition) is 9. The molecule has 0 bridgehead atoms. The molecule has 1 aliphatic carbocycles. The fraction of sp³-hybridized carbons (Fsp3) is 0.320. The number of halogens is 4. The number of nitrogens with one attached hydrogen (secondary N) is 1. The number of sulfone groups is 1. The molecule has 1 fully saturated rings. The summed E-state index contributed by atoms with van der Waals surface area (Å²) in [5.41, 5.74) is -3.89. The number of methoxy groups -OCH3 is 1. The molecule has 1 aromatic carbocycles. The van der Waals surface area contributed by atoms with Crippen LogP contribution in [-0.4, -0.2) is 42.9 Å². The number of nitrogens with zero attached hydrogens (tertiary/aromatic N) is 4. The van der Waals surface area contributed by atoms with Gasteiger partial charge in [0.2, 0.25) is 5.75 Å². The SMILES string of the molecule is COc1nc(C2(C#N)CCC2)cc(F)c1Oc1nnc(C(F)(F)F)c(C)c1C(=O)Nc1cccc(S(C)(=O)=O)c1. The maximum absolute atomic E-state index is 15.3. The molecule has 2 heterocycles. The summed E-state index contributed by atoms with van der Waals surface area (Å²) in [6, 6.07) is 8.11. The van der Waals surface area contributed by atoms with Gasteiger partial charge in [0, 0.05) is 18.0 Å². The Kier molecular flexibility index (Phi) is 7.41.